The van der Waals surface area contributed by atoms with E-state index in [9.17, 15) is 18.4 Å². The molecule has 102 valence electrons. The Balaban J connectivity index is 1.93. The third kappa shape index (κ3) is 3.72. The van der Waals surface area contributed by atoms with E-state index in [1.54, 1.807) is 4.90 Å². The molecule has 0 aromatic heterocycles. The lowest BCUT2D eigenvalue weighted by atomic mass is 10.3. The quantitative estimate of drug-likeness (QED) is 0.831. The molecule has 1 saturated heterocycles. The third-order valence-electron chi connectivity index (χ3n) is 2.69. The second kappa shape index (κ2) is 5.75. The van der Waals surface area contributed by atoms with Gasteiger partial charge < -0.3 is 10.6 Å². The average Bonchev–Trinajstić information content (AvgIpc) is 2.34. The predicted octanol–water partition coefficient (Wildman–Crippen LogP) is 0.335. The molecule has 1 aliphatic rings. The van der Waals surface area contributed by atoms with Gasteiger partial charge in [-0.25, -0.2) is 8.78 Å². The Bertz CT molecular complexity index is 508. The number of hydrogen-bond acceptors (Lipinski definition) is 3. The first kappa shape index (κ1) is 13.4. The average molecular weight is 269 g/mol. The van der Waals surface area contributed by atoms with E-state index in [0.29, 0.717) is 13.1 Å². The van der Waals surface area contributed by atoms with Crippen LogP contribution in [0.3, 0.4) is 0 Å². The van der Waals surface area contributed by atoms with Crippen LogP contribution in [-0.2, 0) is 9.59 Å². The number of benzene rings is 1. The lowest BCUT2D eigenvalue weighted by molar-refractivity contribution is -0.125. The molecule has 7 heteroatoms. The SMILES string of the molecule is O=C1CN(CC(=O)Nc2cc(F)ccc2F)CCN1. The number of halogens is 2. The zero-order chi connectivity index (χ0) is 13.8. The molecule has 0 spiro atoms. The number of hydrogen-bond donors (Lipinski definition) is 2. The fourth-order valence-electron chi connectivity index (χ4n) is 1.81. The number of nitrogens with one attached hydrogen (secondary N) is 2. The topological polar surface area (TPSA) is 61.4 Å². The molecular weight excluding hydrogens is 256 g/mol. The largest absolute Gasteiger partial charge is 0.354 e. The maximum atomic E-state index is 13.3. The molecule has 5 nitrogen and oxygen atoms in total. The summed E-state index contributed by atoms with van der Waals surface area (Å²) in [5, 5.41) is 4.92. The summed E-state index contributed by atoms with van der Waals surface area (Å²) < 4.78 is 26.2. The molecule has 1 fully saturated rings. The van der Waals surface area contributed by atoms with Gasteiger partial charge in [-0.3, -0.25) is 14.5 Å². The van der Waals surface area contributed by atoms with Crippen LogP contribution in [0.2, 0.25) is 0 Å². The van der Waals surface area contributed by atoms with E-state index in [2.05, 4.69) is 10.6 Å². The Labute approximate surface area is 108 Å². The fraction of sp³-hybridized carbons (Fsp3) is 0.333. The van der Waals surface area contributed by atoms with Gasteiger partial charge in [0, 0.05) is 19.2 Å². The second-order valence-electron chi connectivity index (χ2n) is 4.23. The zero-order valence-electron chi connectivity index (χ0n) is 10.1. The molecule has 19 heavy (non-hydrogen) atoms. The summed E-state index contributed by atoms with van der Waals surface area (Å²) in [5.74, 6) is -1.98. The molecule has 0 unspecified atom stereocenters. The smallest absolute Gasteiger partial charge is 0.238 e. The van der Waals surface area contributed by atoms with Crippen molar-refractivity contribution in [3.05, 3.63) is 29.8 Å². The van der Waals surface area contributed by atoms with E-state index >= 15 is 0 Å². The minimum absolute atomic E-state index is 0.0383. The van der Waals surface area contributed by atoms with E-state index in [0.717, 1.165) is 18.2 Å². The monoisotopic (exact) mass is 269 g/mol. The van der Waals surface area contributed by atoms with E-state index in [4.69, 9.17) is 0 Å². The van der Waals surface area contributed by atoms with Crippen LogP contribution in [0.4, 0.5) is 14.5 Å². The van der Waals surface area contributed by atoms with E-state index in [1.165, 1.54) is 0 Å². The Morgan fingerprint density at radius 2 is 2.21 bits per heavy atom. The first-order chi connectivity index (χ1) is 9.04. The Hall–Kier alpha value is -2.02. The van der Waals surface area contributed by atoms with Gasteiger partial charge >= 0.3 is 0 Å². The number of nitrogens with zero attached hydrogens (tertiary/aromatic N) is 1. The molecule has 0 atom stereocenters. The molecule has 1 heterocycles. The molecule has 2 N–H and O–H groups in total. The van der Waals surface area contributed by atoms with E-state index in [1.807, 2.05) is 0 Å². The first-order valence-corrected chi connectivity index (χ1v) is 5.78. The lowest BCUT2D eigenvalue weighted by Gasteiger charge is -2.25. The molecule has 0 saturated carbocycles. The van der Waals surface area contributed by atoms with Crippen LogP contribution < -0.4 is 10.6 Å². The fourth-order valence-corrected chi connectivity index (χ4v) is 1.81. The molecule has 0 radical (unpaired) electrons. The van der Waals surface area contributed by atoms with Crippen LogP contribution in [0.1, 0.15) is 0 Å². The maximum Gasteiger partial charge on any atom is 0.238 e. The van der Waals surface area contributed by atoms with Gasteiger partial charge in [-0.2, -0.15) is 0 Å². The Kier molecular flexibility index (Phi) is 4.06. The van der Waals surface area contributed by atoms with Crippen molar-refractivity contribution in [2.75, 3.05) is 31.5 Å². The molecule has 2 amide bonds. The van der Waals surface area contributed by atoms with Crippen LogP contribution >= 0.6 is 0 Å². The molecule has 0 aliphatic carbocycles. The molecule has 1 aromatic rings. The highest BCUT2D eigenvalue weighted by atomic mass is 19.1. The normalized spacial score (nSPS) is 16.0. The van der Waals surface area contributed by atoms with E-state index in [-0.39, 0.29) is 24.7 Å². The highest BCUT2D eigenvalue weighted by Crippen LogP contribution is 2.15. The molecule has 2 rings (SSSR count). The number of carbonyl (C=O) groups is 2. The van der Waals surface area contributed by atoms with Crippen molar-refractivity contribution in [2.24, 2.45) is 0 Å². The van der Waals surface area contributed by atoms with Crippen LogP contribution in [0.15, 0.2) is 18.2 Å². The summed E-state index contributed by atoms with van der Waals surface area (Å²) in [6, 6.07) is 2.83. The number of amides is 2. The third-order valence-corrected chi connectivity index (χ3v) is 2.69. The summed E-state index contributed by atoms with van der Waals surface area (Å²) in [6.45, 7) is 1.10. The summed E-state index contributed by atoms with van der Waals surface area (Å²) in [4.78, 5) is 24.4. The molecule has 1 aromatic carbocycles. The van der Waals surface area contributed by atoms with Gasteiger partial charge in [-0.1, -0.05) is 0 Å². The molecular formula is C12H13F2N3O2. The van der Waals surface area contributed by atoms with Gasteiger partial charge in [-0.15, -0.1) is 0 Å². The van der Waals surface area contributed by atoms with E-state index < -0.39 is 17.5 Å². The highest BCUT2D eigenvalue weighted by molar-refractivity contribution is 5.92. The van der Waals surface area contributed by atoms with Crippen LogP contribution in [0, 0.1) is 11.6 Å². The van der Waals surface area contributed by atoms with Gasteiger partial charge in [0.1, 0.15) is 11.6 Å². The predicted molar refractivity (Wildman–Crippen MR) is 64.4 cm³/mol. The number of rotatable bonds is 3. The van der Waals surface area contributed by atoms with Crippen molar-refractivity contribution in [3.63, 3.8) is 0 Å². The van der Waals surface area contributed by atoms with Gasteiger partial charge in [0.25, 0.3) is 0 Å². The van der Waals surface area contributed by atoms with Gasteiger partial charge in [0.15, 0.2) is 0 Å². The number of anilines is 1. The van der Waals surface area contributed by atoms with Crippen molar-refractivity contribution in [2.45, 2.75) is 0 Å². The van der Waals surface area contributed by atoms with Gasteiger partial charge in [-0.05, 0) is 12.1 Å². The van der Waals surface area contributed by atoms with Crippen molar-refractivity contribution in [3.8, 4) is 0 Å². The van der Waals surface area contributed by atoms with Crippen LogP contribution in [0.5, 0.6) is 0 Å². The van der Waals surface area contributed by atoms with Crippen molar-refractivity contribution in [1.82, 2.24) is 10.2 Å². The maximum absolute atomic E-state index is 13.3. The second-order valence-corrected chi connectivity index (χ2v) is 4.23. The van der Waals surface area contributed by atoms with Crippen molar-refractivity contribution >= 4 is 17.5 Å². The number of carbonyl (C=O) groups excluding carboxylic acids is 2. The van der Waals surface area contributed by atoms with Crippen LogP contribution in [-0.4, -0.2) is 42.9 Å². The minimum Gasteiger partial charge on any atom is -0.354 e. The summed E-state index contributed by atoms with van der Waals surface area (Å²) in [5.41, 5.74) is -0.202. The Morgan fingerprint density at radius 1 is 1.42 bits per heavy atom. The summed E-state index contributed by atoms with van der Waals surface area (Å²) in [7, 11) is 0. The standard InChI is InChI=1S/C12H13F2N3O2/c13-8-1-2-9(14)10(5-8)16-12(19)7-17-4-3-15-11(18)6-17/h1-2,5H,3-4,6-7H2,(H,15,18)(H,16,19). The van der Waals surface area contributed by atoms with Crippen LogP contribution in [0.25, 0.3) is 0 Å². The molecule has 1 aliphatic heterocycles. The van der Waals surface area contributed by atoms with Crippen molar-refractivity contribution in [1.29, 1.82) is 0 Å². The highest BCUT2D eigenvalue weighted by Gasteiger charge is 2.19. The summed E-state index contributed by atoms with van der Waals surface area (Å²) >= 11 is 0. The molecule has 0 bridgehead atoms. The van der Waals surface area contributed by atoms with Gasteiger partial charge in [0.2, 0.25) is 11.8 Å². The zero-order valence-corrected chi connectivity index (χ0v) is 10.1. The minimum atomic E-state index is -0.703. The van der Waals surface area contributed by atoms with Crippen molar-refractivity contribution < 1.29 is 18.4 Å². The Morgan fingerprint density at radius 3 is 2.95 bits per heavy atom. The lowest BCUT2D eigenvalue weighted by Crippen LogP contribution is -2.49. The van der Waals surface area contributed by atoms with Gasteiger partial charge in [0.05, 0.1) is 18.8 Å². The number of piperazine rings is 1. The first-order valence-electron chi connectivity index (χ1n) is 5.78. The summed E-state index contributed by atoms with van der Waals surface area (Å²) in [6.07, 6.45) is 0.